The Morgan fingerprint density at radius 1 is 1.05 bits per heavy atom. The zero-order chi connectivity index (χ0) is 26.5. The van der Waals surface area contributed by atoms with Crippen LogP contribution in [0.4, 0.5) is 20.3 Å². The van der Waals surface area contributed by atoms with Gasteiger partial charge in [-0.25, -0.2) is 23.3 Å². The molecule has 9 nitrogen and oxygen atoms in total. The average molecular weight is 527 g/mol. The highest BCUT2D eigenvalue weighted by molar-refractivity contribution is 5.87. The maximum absolute atomic E-state index is 14.6. The van der Waals surface area contributed by atoms with Crippen molar-refractivity contribution < 1.29 is 13.5 Å². The van der Waals surface area contributed by atoms with Crippen molar-refractivity contribution in [1.29, 1.82) is 5.26 Å². The maximum atomic E-state index is 14.6. The quantitative estimate of drug-likeness (QED) is 0.366. The number of rotatable bonds is 4. The molecule has 1 atom stereocenters. The number of nitrogens with zero attached hydrogens (tertiary/aromatic N) is 7. The van der Waals surface area contributed by atoms with Crippen molar-refractivity contribution in [3.8, 4) is 17.5 Å². The van der Waals surface area contributed by atoms with E-state index in [0.29, 0.717) is 60.2 Å². The van der Waals surface area contributed by atoms with Crippen molar-refractivity contribution in [3.05, 3.63) is 71.6 Å². The molecule has 5 aromatic rings. The van der Waals surface area contributed by atoms with Gasteiger partial charge in [-0.05, 0) is 49.2 Å². The number of morpholine rings is 1. The van der Waals surface area contributed by atoms with Gasteiger partial charge in [-0.15, -0.1) is 0 Å². The zero-order valence-corrected chi connectivity index (χ0v) is 20.9. The van der Waals surface area contributed by atoms with Gasteiger partial charge in [0.1, 0.15) is 29.3 Å². The van der Waals surface area contributed by atoms with Crippen LogP contribution < -0.4 is 9.80 Å². The number of H-pyrrole nitrogens is 1. The van der Waals surface area contributed by atoms with Gasteiger partial charge in [-0.2, -0.15) is 10.4 Å². The number of ether oxygens (including phenoxy) is 1. The van der Waals surface area contributed by atoms with Crippen LogP contribution in [0.2, 0.25) is 0 Å². The maximum Gasteiger partial charge on any atom is 0.168 e. The van der Waals surface area contributed by atoms with Crippen LogP contribution in [-0.2, 0) is 4.74 Å². The third-order valence-corrected chi connectivity index (χ3v) is 7.55. The molecular formula is C28H24F2N8O. The fourth-order valence-electron chi connectivity index (χ4n) is 5.65. The first-order chi connectivity index (χ1) is 19.1. The second kappa shape index (κ2) is 9.32. The monoisotopic (exact) mass is 526 g/mol. The molecule has 3 aromatic heterocycles. The SMILES string of the molecule is N#Cc1cc2[nH]c(-c3cnn4ccc(N5CCC[C@@H]5c5cc(F)ccc5F)nc34)nc2cc1N1CCOCC1. The molecule has 0 spiro atoms. The summed E-state index contributed by atoms with van der Waals surface area (Å²) in [5.74, 6) is 0.366. The number of anilines is 2. The number of aromatic amines is 1. The van der Waals surface area contributed by atoms with Crippen LogP contribution in [0.3, 0.4) is 0 Å². The normalized spacial score (nSPS) is 17.8. The number of fused-ring (bicyclic) bond motifs is 2. The molecule has 2 fully saturated rings. The van der Waals surface area contributed by atoms with Crippen molar-refractivity contribution in [2.75, 3.05) is 42.6 Å². The van der Waals surface area contributed by atoms with Crippen LogP contribution in [0.5, 0.6) is 0 Å². The first kappa shape index (κ1) is 23.5. The van der Waals surface area contributed by atoms with E-state index in [9.17, 15) is 14.0 Å². The van der Waals surface area contributed by atoms with E-state index in [1.165, 1.54) is 12.1 Å². The predicted molar refractivity (Wildman–Crippen MR) is 142 cm³/mol. The molecule has 5 heterocycles. The minimum absolute atomic E-state index is 0.309. The molecule has 1 N–H and O–H groups in total. The fourth-order valence-corrected chi connectivity index (χ4v) is 5.65. The van der Waals surface area contributed by atoms with Crippen LogP contribution in [0.1, 0.15) is 30.0 Å². The van der Waals surface area contributed by atoms with Gasteiger partial charge in [0.25, 0.3) is 0 Å². The van der Waals surface area contributed by atoms with Crippen molar-refractivity contribution >= 4 is 28.2 Å². The van der Waals surface area contributed by atoms with Gasteiger partial charge in [0.05, 0.1) is 53.3 Å². The first-order valence-electron chi connectivity index (χ1n) is 12.9. The third kappa shape index (κ3) is 4.04. The summed E-state index contributed by atoms with van der Waals surface area (Å²) in [6.45, 7) is 3.35. The second-order valence-corrected chi connectivity index (χ2v) is 9.81. The molecule has 7 rings (SSSR count). The minimum Gasteiger partial charge on any atom is -0.378 e. The lowest BCUT2D eigenvalue weighted by Gasteiger charge is -2.29. The highest BCUT2D eigenvalue weighted by atomic mass is 19.1. The van der Waals surface area contributed by atoms with Gasteiger partial charge >= 0.3 is 0 Å². The smallest absolute Gasteiger partial charge is 0.168 e. The molecule has 0 aliphatic carbocycles. The van der Waals surface area contributed by atoms with Crippen LogP contribution in [0, 0.1) is 23.0 Å². The summed E-state index contributed by atoms with van der Waals surface area (Å²) in [6, 6.07) is 11.2. The van der Waals surface area contributed by atoms with Gasteiger partial charge < -0.3 is 19.5 Å². The Kier molecular flexibility index (Phi) is 5.63. The molecule has 0 amide bonds. The lowest BCUT2D eigenvalue weighted by molar-refractivity contribution is 0.122. The summed E-state index contributed by atoms with van der Waals surface area (Å²) in [7, 11) is 0. The highest BCUT2D eigenvalue weighted by Crippen LogP contribution is 2.37. The lowest BCUT2D eigenvalue weighted by Crippen LogP contribution is -2.36. The van der Waals surface area contributed by atoms with Gasteiger partial charge in [0, 0.05) is 31.4 Å². The highest BCUT2D eigenvalue weighted by Gasteiger charge is 2.30. The number of nitrogens with one attached hydrogen (secondary N) is 1. The molecule has 0 bridgehead atoms. The van der Waals surface area contributed by atoms with Crippen LogP contribution in [-0.4, -0.2) is 57.4 Å². The molecule has 0 saturated carbocycles. The van der Waals surface area contributed by atoms with Gasteiger partial charge in [0.2, 0.25) is 0 Å². The summed E-state index contributed by atoms with van der Waals surface area (Å²) >= 11 is 0. The number of hydrogen-bond donors (Lipinski definition) is 1. The molecule has 0 unspecified atom stereocenters. The Morgan fingerprint density at radius 3 is 2.77 bits per heavy atom. The van der Waals surface area contributed by atoms with E-state index in [1.807, 2.05) is 29.3 Å². The van der Waals surface area contributed by atoms with Crippen LogP contribution in [0.25, 0.3) is 28.1 Å². The van der Waals surface area contributed by atoms with Gasteiger partial charge in [-0.3, -0.25) is 0 Å². The molecule has 2 saturated heterocycles. The molecule has 2 aliphatic heterocycles. The van der Waals surface area contributed by atoms with E-state index in [1.54, 1.807) is 10.7 Å². The van der Waals surface area contributed by atoms with Crippen molar-refractivity contribution in [3.63, 3.8) is 0 Å². The summed E-state index contributed by atoms with van der Waals surface area (Å²) in [6.07, 6.45) is 5.06. The molecular weight excluding hydrogens is 502 g/mol. The van der Waals surface area contributed by atoms with Crippen molar-refractivity contribution in [1.82, 2.24) is 24.6 Å². The Bertz CT molecular complexity index is 1750. The average Bonchev–Trinajstić information content (AvgIpc) is 3.71. The number of benzene rings is 2. The molecule has 0 radical (unpaired) electrons. The topological polar surface area (TPSA) is 98.4 Å². The first-order valence-corrected chi connectivity index (χ1v) is 12.9. The molecule has 2 aromatic carbocycles. The van der Waals surface area contributed by atoms with E-state index >= 15 is 0 Å². The van der Waals surface area contributed by atoms with Crippen molar-refractivity contribution in [2.24, 2.45) is 0 Å². The lowest BCUT2D eigenvalue weighted by atomic mass is 10.0. The summed E-state index contributed by atoms with van der Waals surface area (Å²) in [4.78, 5) is 17.2. The second-order valence-electron chi connectivity index (χ2n) is 9.81. The molecule has 11 heteroatoms. The number of nitriles is 1. The standard InChI is InChI=1S/C28H24F2N8O/c29-18-3-4-21(30)19(13-18)24-2-1-6-37(24)26-5-7-38-28(35-26)20(16-32-38)27-33-22-12-17(15-31)25(14-23(22)34-27)36-8-10-39-11-9-36/h3-5,7,12-14,16,24H,1-2,6,8-11H2,(H,33,34)/t24-/m1/s1. The Hall–Kier alpha value is -4.56. The Labute approximate surface area is 222 Å². The zero-order valence-electron chi connectivity index (χ0n) is 20.9. The summed E-state index contributed by atoms with van der Waals surface area (Å²) in [5, 5.41) is 14.2. The van der Waals surface area contributed by atoms with E-state index in [2.05, 4.69) is 21.1 Å². The van der Waals surface area contributed by atoms with Crippen LogP contribution in [0.15, 0.2) is 48.8 Å². The molecule has 2 aliphatic rings. The molecule has 39 heavy (non-hydrogen) atoms. The number of halogens is 2. The van der Waals surface area contributed by atoms with Crippen LogP contribution >= 0.6 is 0 Å². The van der Waals surface area contributed by atoms with E-state index in [4.69, 9.17) is 14.7 Å². The Morgan fingerprint density at radius 2 is 1.92 bits per heavy atom. The van der Waals surface area contributed by atoms with Gasteiger partial charge in [-0.1, -0.05) is 0 Å². The fraction of sp³-hybridized carbons (Fsp3) is 0.286. The summed E-state index contributed by atoms with van der Waals surface area (Å²) in [5.41, 5.74) is 4.53. The molecule has 196 valence electrons. The largest absolute Gasteiger partial charge is 0.378 e. The third-order valence-electron chi connectivity index (χ3n) is 7.55. The minimum atomic E-state index is -0.457. The number of imidazole rings is 1. The van der Waals surface area contributed by atoms with E-state index < -0.39 is 11.6 Å². The van der Waals surface area contributed by atoms with Gasteiger partial charge in [0.15, 0.2) is 5.65 Å². The van der Waals surface area contributed by atoms with Crippen molar-refractivity contribution in [2.45, 2.75) is 18.9 Å². The number of hydrogen-bond acceptors (Lipinski definition) is 7. The summed E-state index contributed by atoms with van der Waals surface area (Å²) < 4.78 is 35.7. The predicted octanol–water partition coefficient (Wildman–Crippen LogP) is 4.60. The Balaban J connectivity index is 1.27. The van der Waals surface area contributed by atoms with E-state index in [-0.39, 0.29) is 6.04 Å². The number of aromatic nitrogens is 5. The van der Waals surface area contributed by atoms with E-state index in [0.717, 1.165) is 42.3 Å².